The van der Waals surface area contributed by atoms with Crippen LogP contribution in [-0.2, 0) is 9.47 Å². The summed E-state index contributed by atoms with van der Waals surface area (Å²) in [7, 11) is 1.64. The smallest absolute Gasteiger partial charge is 0.412 e. The Labute approximate surface area is 195 Å². The number of ether oxygens (including phenoxy) is 3. The van der Waals surface area contributed by atoms with Crippen LogP contribution in [0.3, 0.4) is 0 Å². The van der Waals surface area contributed by atoms with Crippen molar-refractivity contribution in [1.29, 1.82) is 0 Å². The van der Waals surface area contributed by atoms with Gasteiger partial charge in [-0.05, 0) is 56.7 Å². The summed E-state index contributed by atoms with van der Waals surface area (Å²) in [5.41, 5.74) is 1.45. The molecule has 8 heteroatoms. The number of nitrogens with one attached hydrogen (secondary N) is 2. The van der Waals surface area contributed by atoms with Crippen molar-refractivity contribution in [2.24, 2.45) is 0 Å². The lowest BCUT2D eigenvalue weighted by atomic mass is 10.0. The molecule has 1 atom stereocenters. The van der Waals surface area contributed by atoms with Gasteiger partial charge in [0.25, 0.3) is 5.91 Å². The maximum atomic E-state index is 12.9. The molecule has 1 heterocycles. The number of amides is 2. The Bertz CT molecular complexity index is 934. The Balaban J connectivity index is 1.67. The standard InChI is InChI=1S/C25H33N3O5/c1-25(2,3)33-24(30)27-20-7-5-6-19(16-20)23(29)26-17-22(28-12-14-32-15-13-28)18-8-10-21(31-4)11-9-18/h5-11,16,22H,12-15,17H2,1-4H3,(H,26,29)(H,27,30). The molecule has 0 saturated carbocycles. The fourth-order valence-corrected chi connectivity index (χ4v) is 3.62. The number of rotatable bonds is 7. The van der Waals surface area contributed by atoms with E-state index in [-0.39, 0.29) is 11.9 Å². The minimum atomic E-state index is -0.602. The first-order valence-corrected chi connectivity index (χ1v) is 11.1. The second-order valence-electron chi connectivity index (χ2n) is 8.86. The quantitative estimate of drug-likeness (QED) is 0.659. The van der Waals surface area contributed by atoms with Crippen LogP contribution in [0.25, 0.3) is 0 Å². The maximum Gasteiger partial charge on any atom is 0.412 e. The number of benzene rings is 2. The van der Waals surface area contributed by atoms with E-state index < -0.39 is 11.7 Å². The van der Waals surface area contributed by atoms with E-state index in [2.05, 4.69) is 15.5 Å². The van der Waals surface area contributed by atoms with Crippen LogP contribution in [0.2, 0.25) is 0 Å². The topological polar surface area (TPSA) is 89.1 Å². The van der Waals surface area contributed by atoms with Crippen LogP contribution in [0.1, 0.15) is 42.7 Å². The molecule has 33 heavy (non-hydrogen) atoms. The molecule has 2 aromatic carbocycles. The number of anilines is 1. The van der Waals surface area contributed by atoms with E-state index in [4.69, 9.17) is 14.2 Å². The lowest BCUT2D eigenvalue weighted by molar-refractivity contribution is 0.0162. The molecule has 178 valence electrons. The van der Waals surface area contributed by atoms with Gasteiger partial charge in [-0.1, -0.05) is 18.2 Å². The zero-order valence-corrected chi connectivity index (χ0v) is 19.7. The van der Waals surface area contributed by atoms with Gasteiger partial charge in [-0.25, -0.2) is 4.79 Å². The molecule has 1 unspecified atom stereocenters. The number of nitrogens with zero attached hydrogens (tertiary/aromatic N) is 1. The van der Waals surface area contributed by atoms with Crippen LogP contribution in [0, 0.1) is 0 Å². The fourth-order valence-electron chi connectivity index (χ4n) is 3.62. The molecule has 1 saturated heterocycles. The third-order valence-electron chi connectivity index (χ3n) is 5.21. The van der Waals surface area contributed by atoms with Crippen molar-refractivity contribution in [1.82, 2.24) is 10.2 Å². The van der Waals surface area contributed by atoms with E-state index in [0.717, 1.165) is 24.4 Å². The van der Waals surface area contributed by atoms with Crippen LogP contribution < -0.4 is 15.4 Å². The number of carbonyl (C=O) groups is 2. The molecule has 0 aliphatic carbocycles. The van der Waals surface area contributed by atoms with Gasteiger partial charge in [-0.2, -0.15) is 0 Å². The third-order valence-corrected chi connectivity index (χ3v) is 5.21. The number of methoxy groups -OCH3 is 1. The van der Waals surface area contributed by atoms with Gasteiger partial charge in [0.2, 0.25) is 0 Å². The largest absolute Gasteiger partial charge is 0.497 e. The lowest BCUT2D eigenvalue weighted by Gasteiger charge is -2.35. The van der Waals surface area contributed by atoms with Crippen molar-refractivity contribution in [3.8, 4) is 5.75 Å². The van der Waals surface area contributed by atoms with E-state index in [1.54, 1.807) is 52.1 Å². The van der Waals surface area contributed by atoms with Crippen molar-refractivity contribution in [2.75, 3.05) is 45.3 Å². The lowest BCUT2D eigenvalue weighted by Crippen LogP contribution is -2.43. The monoisotopic (exact) mass is 455 g/mol. The minimum Gasteiger partial charge on any atom is -0.497 e. The van der Waals surface area contributed by atoms with Crippen molar-refractivity contribution in [3.63, 3.8) is 0 Å². The molecule has 0 radical (unpaired) electrons. The third kappa shape index (κ3) is 7.47. The van der Waals surface area contributed by atoms with Gasteiger partial charge in [-0.3, -0.25) is 15.0 Å². The molecule has 2 amide bonds. The number of hydrogen-bond donors (Lipinski definition) is 2. The molecule has 3 rings (SSSR count). The van der Waals surface area contributed by atoms with Gasteiger partial charge in [0.05, 0.1) is 26.4 Å². The van der Waals surface area contributed by atoms with Crippen LogP contribution in [0.4, 0.5) is 10.5 Å². The molecule has 2 aromatic rings. The van der Waals surface area contributed by atoms with Crippen LogP contribution in [0.5, 0.6) is 5.75 Å². The summed E-state index contributed by atoms with van der Waals surface area (Å²) in [4.78, 5) is 27.3. The fraction of sp³-hybridized carbons (Fsp3) is 0.440. The molecule has 8 nitrogen and oxygen atoms in total. The molecule has 1 aliphatic rings. The number of carbonyl (C=O) groups excluding carboxylic acids is 2. The van der Waals surface area contributed by atoms with Gasteiger partial charge >= 0.3 is 6.09 Å². The second kappa shape index (κ2) is 11.2. The van der Waals surface area contributed by atoms with Crippen molar-refractivity contribution in [3.05, 3.63) is 59.7 Å². The Morgan fingerprint density at radius 3 is 2.42 bits per heavy atom. The number of morpholine rings is 1. The first-order valence-electron chi connectivity index (χ1n) is 11.1. The van der Waals surface area contributed by atoms with E-state index in [1.165, 1.54) is 0 Å². The maximum absolute atomic E-state index is 12.9. The van der Waals surface area contributed by atoms with Crippen LogP contribution >= 0.6 is 0 Å². The zero-order chi connectivity index (χ0) is 23.8. The Morgan fingerprint density at radius 2 is 1.79 bits per heavy atom. The van der Waals surface area contributed by atoms with E-state index in [9.17, 15) is 9.59 Å². The van der Waals surface area contributed by atoms with Gasteiger partial charge < -0.3 is 19.5 Å². The highest BCUT2D eigenvalue weighted by atomic mass is 16.6. The van der Waals surface area contributed by atoms with E-state index >= 15 is 0 Å². The summed E-state index contributed by atoms with van der Waals surface area (Å²) in [6.07, 6.45) is -0.563. The Hall–Kier alpha value is -3.10. The van der Waals surface area contributed by atoms with Gasteiger partial charge in [0.1, 0.15) is 11.4 Å². The highest BCUT2D eigenvalue weighted by molar-refractivity contribution is 5.96. The predicted molar refractivity (Wildman–Crippen MR) is 127 cm³/mol. The Kier molecular flexibility index (Phi) is 8.30. The normalized spacial score (nSPS) is 15.4. The summed E-state index contributed by atoms with van der Waals surface area (Å²) in [6, 6.07) is 14.7. The van der Waals surface area contributed by atoms with Gasteiger partial charge in [-0.15, -0.1) is 0 Å². The first-order chi connectivity index (χ1) is 15.7. The zero-order valence-electron chi connectivity index (χ0n) is 19.7. The SMILES string of the molecule is COc1ccc(C(CNC(=O)c2cccc(NC(=O)OC(C)(C)C)c2)N2CCOCC2)cc1. The van der Waals surface area contributed by atoms with E-state index in [0.29, 0.717) is 31.0 Å². The molecule has 1 fully saturated rings. The molecule has 2 N–H and O–H groups in total. The average Bonchev–Trinajstić information content (AvgIpc) is 2.79. The second-order valence-corrected chi connectivity index (χ2v) is 8.86. The van der Waals surface area contributed by atoms with Crippen LogP contribution in [-0.4, -0.2) is 62.5 Å². The van der Waals surface area contributed by atoms with E-state index in [1.807, 2.05) is 24.3 Å². The van der Waals surface area contributed by atoms with Gasteiger partial charge in [0.15, 0.2) is 0 Å². The summed E-state index contributed by atoms with van der Waals surface area (Å²) in [5.74, 6) is 0.576. The highest BCUT2D eigenvalue weighted by Crippen LogP contribution is 2.24. The summed E-state index contributed by atoms with van der Waals surface area (Å²) < 4.78 is 16.1. The van der Waals surface area contributed by atoms with Crippen molar-refractivity contribution < 1.29 is 23.8 Å². The molecule has 1 aliphatic heterocycles. The summed E-state index contributed by atoms with van der Waals surface area (Å²) in [6.45, 7) is 8.75. The molecular formula is C25H33N3O5. The van der Waals surface area contributed by atoms with Gasteiger partial charge in [0, 0.05) is 30.9 Å². The molecule has 0 aromatic heterocycles. The van der Waals surface area contributed by atoms with Crippen molar-refractivity contribution in [2.45, 2.75) is 32.4 Å². The predicted octanol–water partition coefficient (Wildman–Crippen LogP) is 3.85. The highest BCUT2D eigenvalue weighted by Gasteiger charge is 2.24. The molecule has 0 bridgehead atoms. The summed E-state index contributed by atoms with van der Waals surface area (Å²) >= 11 is 0. The molecule has 0 spiro atoms. The molecular weight excluding hydrogens is 422 g/mol. The average molecular weight is 456 g/mol. The van der Waals surface area contributed by atoms with Crippen molar-refractivity contribution >= 4 is 17.7 Å². The minimum absolute atomic E-state index is 0.00632. The van der Waals surface area contributed by atoms with Crippen LogP contribution in [0.15, 0.2) is 48.5 Å². The summed E-state index contributed by atoms with van der Waals surface area (Å²) in [5, 5.41) is 5.72. The first kappa shape index (κ1) is 24.5. The number of hydrogen-bond acceptors (Lipinski definition) is 6. The Morgan fingerprint density at radius 1 is 1.09 bits per heavy atom.